The van der Waals surface area contributed by atoms with E-state index in [1.54, 1.807) is 39.2 Å². The van der Waals surface area contributed by atoms with Gasteiger partial charge in [-0.2, -0.15) is 0 Å². The summed E-state index contributed by atoms with van der Waals surface area (Å²) in [5, 5.41) is 7.54. The summed E-state index contributed by atoms with van der Waals surface area (Å²) in [6.45, 7) is 1.70. The van der Waals surface area contributed by atoms with Gasteiger partial charge in [0, 0.05) is 19.7 Å². The number of benzene rings is 1. The number of aromatic nitrogens is 1. The molecule has 0 aliphatic rings. The van der Waals surface area contributed by atoms with Gasteiger partial charge in [-0.05, 0) is 19.1 Å². The number of hydrogen-bond donors (Lipinski definition) is 1. The van der Waals surface area contributed by atoms with Crippen LogP contribution in [0.4, 0.5) is 10.5 Å². The predicted octanol–water partition coefficient (Wildman–Crippen LogP) is 4.05. The number of aryl methyl sites for hydroxylation is 1. The Morgan fingerprint density at radius 2 is 1.90 bits per heavy atom. The van der Waals surface area contributed by atoms with Gasteiger partial charge in [0.25, 0.3) is 0 Å². The Morgan fingerprint density at radius 3 is 2.45 bits per heavy atom. The predicted molar refractivity (Wildman–Crippen MR) is 79.4 cm³/mol. The zero-order valence-electron chi connectivity index (χ0n) is 11.2. The van der Waals surface area contributed by atoms with Crippen LogP contribution in [0.3, 0.4) is 0 Å². The molecule has 0 fully saturated rings. The minimum atomic E-state index is -0.291. The second-order valence-corrected chi connectivity index (χ2v) is 5.20. The number of nitrogens with one attached hydrogen (secondary N) is 1. The highest BCUT2D eigenvalue weighted by atomic mass is 35.5. The maximum Gasteiger partial charge on any atom is 0.321 e. The summed E-state index contributed by atoms with van der Waals surface area (Å²) in [5.74, 6) is 0.478. The summed E-state index contributed by atoms with van der Waals surface area (Å²) < 4.78 is 5.14. The van der Waals surface area contributed by atoms with Crippen molar-refractivity contribution in [3.8, 4) is 11.3 Å². The number of rotatable bonds is 2. The summed E-state index contributed by atoms with van der Waals surface area (Å²) in [6, 6.07) is 4.84. The summed E-state index contributed by atoms with van der Waals surface area (Å²) in [7, 11) is 3.28. The highest BCUT2D eigenvalue weighted by molar-refractivity contribution is 6.39. The second kappa shape index (κ2) is 5.73. The summed E-state index contributed by atoms with van der Waals surface area (Å²) in [5.41, 5.74) is 1.40. The third kappa shape index (κ3) is 2.73. The topological polar surface area (TPSA) is 58.4 Å². The molecule has 2 rings (SSSR count). The number of carbonyl (C=O) groups is 1. The van der Waals surface area contributed by atoms with Gasteiger partial charge in [0.1, 0.15) is 11.4 Å². The van der Waals surface area contributed by atoms with Crippen molar-refractivity contribution in [1.29, 1.82) is 0 Å². The lowest BCUT2D eigenvalue weighted by Gasteiger charge is -2.12. The Morgan fingerprint density at radius 1 is 1.30 bits per heavy atom. The van der Waals surface area contributed by atoms with Crippen molar-refractivity contribution < 1.29 is 9.32 Å². The van der Waals surface area contributed by atoms with Crippen LogP contribution in [0.1, 0.15) is 5.76 Å². The number of nitrogens with zero attached hydrogens (tertiary/aromatic N) is 2. The van der Waals surface area contributed by atoms with E-state index >= 15 is 0 Å². The van der Waals surface area contributed by atoms with Gasteiger partial charge in [-0.25, -0.2) is 4.79 Å². The molecular formula is C13H13Cl2N3O2. The van der Waals surface area contributed by atoms with E-state index in [2.05, 4.69) is 10.5 Å². The molecule has 1 heterocycles. The van der Waals surface area contributed by atoms with Crippen molar-refractivity contribution in [1.82, 2.24) is 10.1 Å². The normalized spacial score (nSPS) is 10.4. The maximum absolute atomic E-state index is 11.8. The smallest absolute Gasteiger partial charge is 0.321 e. The number of urea groups is 1. The lowest BCUT2D eigenvalue weighted by molar-refractivity contribution is 0.230. The van der Waals surface area contributed by atoms with Gasteiger partial charge in [0.2, 0.25) is 0 Å². The van der Waals surface area contributed by atoms with E-state index in [-0.39, 0.29) is 6.03 Å². The minimum absolute atomic E-state index is 0.291. The van der Waals surface area contributed by atoms with Gasteiger partial charge >= 0.3 is 6.03 Å². The van der Waals surface area contributed by atoms with E-state index in [9.17, 15) is 4.79 Å². The highest BCUT2D eigenvalue weighted by Gasteiger charge is 2.21. The third-order valence-corrected chi connectivity index (χ3v) is 3.33. The van der Waals surface area contributed by atoms with Crippen LogP contribution >= 0.6 is 23.2 Å². The number of carbonyl (C=O) groups excluding carboxylic acids is 1. The molecule has 7 heteroatoms. The fourth-order valence-electron chi connectivity index (χ4n) is 1.63. The highest BCUT2D eigenvalue weighted by Crippen LogP contribution is 2.39. The number of halogens is 2. The molecule has 2 aromatic rings. The molecule has 5 nitrogen and oxygen atoms in total. The van der Waals surface area contributed by atoms with E-state index < -0.39 is 0 Å². The van der Waals surface area contributed by atoms with Gasteiger partial charge in [-0.1, -0.05) is 34.4 Å². The van der Waals surface area contributed by atoms with Crippen LogP contribution in [0.25, 0.3) is 11.3 Å². The van der Waals surface area contributed by atoms with Crippen LogP contribution in [-0.2, 0) is 0 Å². The van der Waals surface area contributed by atoms with Gasteiger partial charge in [0.15, 0.2) is 5.76 Å². The van der Waals surface area contributed by atoms with Crippen molar-refractivity contribution in [3.63, 3.8) is 0 Å². The standard InChI is InChI=1S/C13H13Cl2N3O2/c1-7-11(16-13(19)18(2)3)12(17-20-7)10-8(14)5-4-6-9(10)15/h4-6H,1-3H3,(H,16,19). The van der Waals surface area contributed by atoms with Crippen molar-refractivity contribution in [2.75, 3.05) is 19.4 Å². The number of anilines is 1. The van der Waals surface area contributed by atoms with E-state index in [1.165, 1.54) is 4.90 Å². The molecule has 0 radical (unpaired) electrons. The Bertz CT molecular complexity index is 633. The SMILES string of the molecule is Cc1onc(-c2c(Cl)cccc2Cl)c1NC(=O)N(C)C. The van der Waals surface area contributed by atoms with Crippen LogP contribution in [0.15, 0.2) is 22.7 Å². The first-order chi connectivity index (χ1) is 9.41. The first-order valence-electron chi connectivity index (χ1n) is 5.80. The van der Waals surface area contributed by atoms with Gasteiger partial charge in [0.05, 0.1) is 10.0 Å². The molecule has 1 N–H and O–H groups in total. The fraction of sp³-hybridized carbons (Fsp3) is 0.231. The average molecular weight is 314 g/mol. The Labute approximate surface area is 126 Å². The number of amides is 2. The molecule has 0 aliphatic carbocycles. The lowest BCUT2D eigenvalue weighted by Crippen LogP contribution is -2.27. The van der Waals surface area contributed by atoms with Crippen molar-refractivity contribution in [2.45, 2.75) is 6.92 Å². The van der Waals surface area contributed by atoms with E-state index in [0.717, 1.165) is 0 Å². The molecular weight excluding hydrogens is 301 g/mol. The molecule has 1 aromatic heterocycles. The maximum atomic E-state index is 11.8. The third-order valence-electron chi connectivity index (χ3n) is 2.70. The fourth-order valence-corrected chi connectivity index (χ4v) is 2.21. The van der Waals surface area contributed by atoms with Crippen LogP contribution in [0.5, 0.6) is 0 Å². The molecule has 0 saturated carbocycles. The molecule has 0 saturated heterocycles. The first-order valence-corrected chi connectivity index (χ1v) is 6.56. The molecule has 0 atom stereocenters. The van der Waals surface area contributed by atoms with Crippen LogP contribution < -0.4 is 5.32 Å². The minimum Gasteiger partial charge on any atom is -0.359 e. The van der Waals surface area contributed by atoms with Crippen molar-refractivity contribution in [3.05, 3.63) is 34.0 Å². The zero-order chi connectivity index (χ0) is 14.9. The van der Waals surface area contributed by atoms with Gasteiger partial charge in [-0.15, -0.1) is 0 Å². The van der Waals surface area contributed by atoms with E-state index in [4.69, 9.17) is 27.7 Å². The second-order valence-electron chi connectivity index (χ2n) is 4.38. The molecule has 20 heavy (non-hydrogen) atoms. The quantitative estimate of drug-likeness (QED) is 0.909. The molecule has 0 unspecified atom stereocenters. The van der Waals surface area contributed by atoms with E-state index in [0.29, 0.717) is 32.8 Å². The molecule has 0 aliphatic heterocycles. The molecule has 0 bridgehead atoms. The van der Waals surface area contributed by atoms with Crippen LogP contribution in [0, 0.1) is 6.92 Å². The Hall–Kier alpha value is -1.72. The molecule has 106 valence electrons. The Kier molecular flexibility index (Phi) is 4.20. The molecule has 2 amide bonds. The van der Waals surface area contributed by atoms with Crippen LogP contribution in [0.2, 0.25) is 10.0 Å². The Balaban J connectivity index is 2.51. The van der Waals surface area contributed by atoms with Gasteiger partial charge < -0.3 is 14.7 Å². The first kappa shape index (κ1) is 14.7. The largest absolute Gasteiger partial charge is 0.359 e. The lowest BCUT2D eigenvalue weighted by atomic mass is 10.1. The van der Waals surface area contributed by atoms with Gasteiger partial charge in [-0.3, -0.25) is 0 Å². The average Bonchev–Trinajstić information content (AvgIpc) is 2.71. The summed E-state index contributed by atoms with van der Waals surface area (Å²) in [4.78, 5) is 13.2. The molecule has 1 aromatic carbocycles. The number of hydrogen-bond acceptors (Lipinski definition) is 3. The van der Waals surface area contributed by atoms with Crippen LogP contribution in [-0.4, -0.2) is 30.2 Å². The van der Waals surface area contributed by atoms with Crippen molar-refractivity contribution in [2.24, 2.45) is 0 Å². The molecule has 0 spiro atoms. The summed E-state index contributed by atoms with van der Waals surface area (Å²) >= 11 is 12.3. The van der Waals surface area contributed by atoms with Crippen molar-refractivity contribution >= 4 is 34.9 Å². The monoisotopic (exact) mass is 313 g/mol. The van der Waals surface area contributed by atoms with E-state index in [1.807, 2.05) is 0 Å². The summed E-state index contributed by atoms with van der Waals surface area (Å²) in [6.07, 6.45) is 0. The zero-order valence-corrected chi connectivity index (χ0v) is 12.7.